The summed E-state index contributed by atoms with van der Waals surface area (Å²) >= 11 is 0. The van der Waals surface area contributed by atoms with Gasteiger partial charge in [-0.05, 0) is 43.4 Å². The van der Waals surface area contributed by atoms with Crippen LogP contribution < -0.4 is 4.90 Å². The topological polar surface area (TPSA) is 23.5 Å². The Labute approximate surface area is 111 Å². The van der Waals surface area contributed by atoms with Crippen LogP contribution in [0.5, 0.6) is 0 Å². The molecule has 1 aromatic carbocycles. The summed E-state index contributed by atoms with van der Waals surface area (Å²) < 4.78 is 0. The lowest BCUT2D eigenvalue weighted by molar-refractivity contribution is 0.282. The Balaban J connectivity index is 2.27. The van der Waals surface area contributed by atoms with Crippen molar-refractivity contribution < 1.29 is 5.11 Å². The van der Waals surface area contributed by atoms with Crippen LogP contribution in [0.25, 0.3) is 0 Å². The van der Waals surface area contributed by atoms with Crippen LogP contribution >= 0.6 is 0 Å². The predicted molar refractivity (Wildman–Crippen MR) is 77.0 cm³/mol. The van der Waals surface area contributed by atoms with Gasteiger partial charge in [0.2, 0.25) is 0 Å². The smallest absolute Gasteiger partial charge is 0.0681 e. The second-order valence-corrected chi connectivity index (χ2v) is 5.38. The van der Waals surface area contributed by atoms with E-state index in [0.29, 0.717) is 6.04 Å². The van der Waals surface area contributed by atoms with E-state index in [1.807, 2.05) is 0 Å². The van der Waals surface area contributed by atoms with E-state index in [1.165, 1.54) is 49.9 Å². The third-order valence-electron chi connectivity index (χ3n) is 4.10. The minimum Gasteiger partial charge on any atom is -0.392 e. The average molecular weight is 247 g/mol. The number of hydrogen-bond donors (Lipinski definition) is 1. The van der Waals surface area contributed by atoms with Gasteiger partial charge in [0.15, 0.2) is 0 Å². The number of hydrogen-bond acceptors (Lipinski definition) is 2. The normalized spacial score (nSPS) is 20.8. The van der Waals surface area contributed by atoms with Crippen molar-refractivity contribution in [1.29, 1.82) is 0 Å². The first-order valence-electron chi connectivity index (χ1n) is 7.23. The summed E-state index contributed by atoms with van der Waals surface area (Å²) in [4.78, 5) is 2.59. The Kier molecular flexibility index (Phi) is 4.65. The lowest BCUT2D eigenvalue weighted by atomic mass is 10.0. The van der Waals surface area contributed by atoms with E-state index in [0.717, 1.165) is 5.56 Å². The van der Waals surface area contributed by atoms with Gasteiger partial charge in [-0.1, -0.05) is 31.9 Å². The van der Waals surface area contributed by atoms with Crippen molar-refractivity contribution in [3.8, 4) is 0 Å². The van der Waals surface area contributed by atoms with Crippen LogP contribution in [0.15, 0.2) is 18.2 Å². The highest BCUT2D eigenvalue weighted by molar-refractivity contribution is 5.55. The molecule has 0 amide bonds. The standard InChI is InChI=1S/C16H25NO/c1-3-15-7-5-4-6-10-17(15)16-9-8-14(12-18)11-13(16)2/h8-9,11,15,18H,3-7,10,12H2,1-2H3. The second-order valence-electron chi connectivity index (χ2n) is 5.38. The third kappa shape index (κ3) is 2.86. The largest absolute Gasteiger partial charge is 0.392 e. The average Bonchev–Trinajstić information content (AvgIpc) is 2.63. The lowest BCUT2D eigenvalue weighted by Gasteiger charge is -2.33. The fourth-order valence-electron chi connectivity index (χ4n) is 3.06. The molecule has 0 bridgehead atoms. The van der Waals surface area contributed by atoms with Gasteiger partial charge in [0.25, 0.3) is 0 Å². The molecule has 0 saturated carbocycles. The zero-order valence-corrected chi connectivity index (χ0v) is 11.7. The van der Waals surface area contributed by atoms with Crippen LogP contribution in [0, 0.1) is 6.92 Å². The van der Waals surface area contributed by atoms with Gasteiger partial charge in [0.05, 0.1) is 6.61 Å². The van der Waals surface area contributed by atoms with Crippen molar-refractivity contribution in [2.24, 2.45) is 0 Å². The Morgan fingerprint density at radius 2 is 2.11 bits per heavy atom. The summed E-state index contributed by atoms with van der Waals surface area (Å²) in [6.07, 6.45) is 6.57. The first-order chi connectivity index (χ1) is 8.76. The van der Waals surface area contributed by atoms with Crippen LogP contribution in [-0.4, -0.2) is 17.7 Å². The molecule has 1 atom stereocenters. The molecule has 1 unspecified atom stereocenters. The Morgan fingerprint density at radius 3 is 2.78 bits per heavy atom. The molecule has 1 N–H and O–H groups in total. The van der Waals surface area contributed by atoms with E-state index in [-0.39, 0.29) is 6.61 Å². The molecule has 18 heavy (non-hydrogen) atoms. The minimum absolute atomic E-state index is 0.137. The molecule has 1 aliphatic rings. The van der Waals surface area contributed by atoms with Gasteiger partial charge in [0, 0.05) is 18.3 Å². The number of rotatable bonds is 3. The lowest BCUT2D eigenvalue weighted by Crippen LogP contribution is -2.34. The molecule has 1 aromatic rings. The van der Waals surface area contributed by atoms with E-state index in [9.17, 15) is 5.11 Å². The Hall–Kier alpha value is -1.02. The maximum Gasteiger partial charge on any atom is 0.0681 e. The van der Waals surface area contributed by atoms with Gasteiger partial charge >= 0.3 is 0 Å². The quantitative estimate of drug-likeness (QED) is 0.881. The summed E-state index contributed by atoms with van der Waals surface area (Å²) in [5, 5.41) is 9.19. The summed E-state index contributed by atoms with van der Waals surface area (Å²) in [6, 6.07) is 7.05. The summed E-state index contributed by atoms with van der Waals surface area (Å²) in [6.45, 7) is 5.77. The monoisotopic (exact) mass is 247 g/mol. The zero-order chi connectivity index (χ0) is 13.0. The second kappa shape index (κ2) is 6.24. The van der Waals surface area contributed by atoms with Crippen LogP contribution in [0.1, 0.15) is 50.2 Å². The van der Waals surface area contributed by atoms with Crippen molar-refractivity contribution in [2.75, 3.05) is 11.4 Å². The van der Waals surface area contributed by atoms with Crippen LogP contribution in [-0.2, 0) is 6.61 Å². The van der Waals surface area contributed by atoms with Crippen LogP contribution in [0.4, 0.5) is 5.69 Å². The van der Waals surface area contributed by atoms with Gasteiger partial charge in [0.1, 0.15) is 0 Å². The molecule has 2 heteroatoms. The highest BCUT2D eigenvalue weighted by atomic mass is 16.3. The molecule has 1 heterocycles. The van der Waals surface area contributed by atoms with Crippen molar-refractivity contribution in [3.05, 3.63) is 29.3 Å². The minimum atomic E-state index is 0.137. The van der Waals surface area contributed by atoms with E-state index < -0.39 is 0 Å². The first-order valence-corrected chi connectivity index (χ1v) is 7.23. The number of benzene rings is 1. The van der Waals surface area contributed by atoms with Crippen molar-refractivity contribution in [3.63, 3.8) is 0 Å². The molecule has 0 radical (unpaired) electrons. The van der Waals surface area contributed by atoms with Crippen LogP contribution in [0.3, 0.4) is 0 Å². The third-order valence-corrected chi connectivity index (χ3v) is 4.10. The zero-order valence-electron chi connectivity index (χ0n) is 11.7. The van der Waals surface area contributed by atoms with Gasteiger partial charge < -0.3 is 10.0 Å². The molecule has 0 spiro atoms. The summed E-state index contributed by atoms with van der Waals surface area (Å²) in [7, 11) is 0. The maximum absolute atomic E-state index is 9.19. The molecule has 100 valence electrons. The van der Waals surface area contributed by atoms with Gasteiger partial charge in [-0.2, -0.15) is 0 Å². The van der Waals surface area contributed by atoms with Gasteiger partial charge in [-0.3, -0.25) is 0 Å². The molecule has 2 nitrogen and oxygen atoms in total. The maximum atomic E-state index is 9.19. The Bertz CT molecular complexity index is 389. The van der Waals surface area contributed by atoms with E-state index in [4.69, 9.17) is 0 Å². The number of aliphatic hydroxyl groups is 1. The molecular weight excluding hydrogens is 222 g/mol. The Morgan fingerprint density at radius 1 is 1.28 bits per heavy atom. The van der Waals surface area contributed by atoms with E-state index in [1.54, 1.807) is 0 Å². The van der Waals surface area contributed by atoms with Crippen molar-refractivity contribution in [2.45, 2.75) is 58.6 Å². The van der Waals surface area contributed by atoms with Crippen LogP contribution in [0.2, 0.25) is 0 Å². The molecule has 1 aliphatic heterocycles. The molecule has 0 aromatic heterocycles. The molecule has 2 rings (SSSR count). The highest BCUT2D eigenvalue weighted by Crippen LogP contribution is 2.29. The summed E-state index contributed by atoms with van der Waals surface area (Å²) in [5.74, 6) is 0. The number of nitrogens with zero attached hydrogens (tertiary/aromatic N) is 1. The predicted octanol–water partition coefficient (Wildman–Crippen LogP) is 3.65. The number of aliphatic hydroxyl groups excluding tert-OH is 1. The van der Waals surface area contributed by atoms with Gasteiger partial charge in [-0.15, -0.1) is 0 Å². The molecule has 1 saturated heterocycles. The van der Waals surface area contributed by atoms with Gasteiger partial charge in [-0.25, -0.2) is 0 Å². The van der Waals surface area contributed by atoms with E-state index >= 15 is 0 Å². The fourth-order valence-corrected chi connectivity index (χ4v) is 3.06. The van der Waals surface area contributed by atoms with E-state index in [2.05, 4.69) is 36.9 Å². The van der Waals surface area contributed by atoms with Crippen molar-refractivity contribution in [1.82, 2.24) is 0 Å². The van der Waals surface area contributed by atoms with Crippen molar-refractivity contribution >= 4 is 5.69 Å². The molecular formula is C16H25NO. The molecule has 1 fully saturated rings. The number of anilines is 1. The summed E-state index contributed by atoms with van der Waals surface area (Å²) in [5.41, 5.74) is 3.67. The molecule has 0 aliphatic carbocycles. The number of aryl methyl sites for hydroxylation is 1. The highest BCUT2D eigenvalue weighted by Gasteiger charge is 2.20. The fraction of sp³-hybridized carbons (Fsp3) is 0.625. The first kappa shape index (κ1) is 13.4. The SMILES string of the molecule is CCC1CCCCCN1c1ccc(CO)cc1C.